The first kappa shape index (κ1) is 10.3. The standard InChI is InChI=1S/C10H22OSi/c1-4-12(7-5-6-8-12)11-9-10(2)3/h10H,4-9H2,1-3H3. The second-order valence-corrected chi connectivity index (χ2v) is 8.81. The van der Waals surface area contributed by atoms with Gasteiger partial charge in [0.05, 0.1) is 0 Å². The molecular weight excluding hydrogens is 164 g/mol. The average molecular weight is 186 g/mol. The minimum atomic E-state index is -1.17. The second kappa shape index (κ2) is 4.42. The van der Waals surface area contributed by atoms with Crippen LogP contribution in [0.4, 0.5) is 0 Å². The third-order valence-electron chi connectivity index (χ3n) is 2.88. The topological polar surface area (TPSA) is 9.23 Å². The number of hydrogen-bond acceptors (Lipinski definition) is 1. The fourth-order valence-corrected chi connectivity index (χ4v) is 5.89. The summed E-state index contributed by atoms with van der Waals surface area (Å²) < 4.78 is 6.14. The minimum Gasteiger partial charge on any atom is -0.417 e. The van der Waals surface area contributed by atoms with Crippen LogP contribution in [0.2, 0.25) is 18.1 Å². The predicted octanol–water partition coefficient (Wildman–Crippen LogP) is 3.42. The molecule has 0 N–H and O–H groups in total. The molecule has 0 aromatic heterocycles. The highest BCUT2D eigenvalue weighted by Crippen LogP contribution is 2.34. The SMILES string of the molecule is CC[Si]1(OCC(C)C)CCCC1. The molecule has 1 fully saturated rings. The molecular formula is C10H22OSi. The van der Waals surface area contributed by atoms with Crippen LogP contribution < -0.4 is 0 Å². The summed E-state index contributed by atoms with van der Waals surface area (Å²) in [6.45, 7) is 7.80. The maximum absolute atomic E-state index is 6.14. The van der Waals surface area contributed by atoms with Gasteiger partial charge < -0.3 is 4.43 Å². The van der Waals surface area contributed by atoms with Crippen LogP contribution in [-0.4, -0.2) is 14.9 Å². The maximum atomic E-state index is 6.14. The summed E-state index contributed by atoms with van der Waals surface area (Å²) in [6.07, 6.45) is 2.86. The Hall–Kier alpha value is 0.177. The van der Waals surface area contributed by atoms with Gasteiger partial charge in [-0.15, -0.1) is 0 Å². The van der Waals surface area contributed by atoms with E-state index in [0.717, 1.165) is 6.61 Å². The van der Waals surface area contributed by atoms with Crippen molar-refractivity contribution in [3.8, 4) is 0 Å². The molecule has 1 aliphatic heterocycles. The summed E-state index contributed by atoms with van der Waals surface area (Å²) in [4.78, 5) is 0. The van der Waals surface area contributed by atoms with Crippen molar-refractivity contribution in [1.82, 2.24) is 0 Å². The van der Waals surface area contributed by atoms with Crippen LogP contribution in [0, 0.1) is 5.92 Å². The number of rotatable bonds is 4. The van der Waals surface area contributed by atoms with Gasteiger partial charge in [-0.05, 0) is 24.1 Å². The lowest BCUT2D eigenvalue weighted by atomic mass is 10.2. The largest absolute Gasteiger partial charge is 0.417 e. The van der Waals surface area contributed by atoms with Crippen molar-refractivity contribution in [2.75, 3.05) is 6.61 Å². The van der Waals surface area contributed by atoms with E-state index in [-0.39, 0.29) is 0 Å². The van der Waals surface area contributed by atoms with Crippen molar-refractivity contribution in [3.05, 3.63) is 0 Å². The van der Waals surface area contributed by atoms with E-state index in [1.165, 1.54) is 31.0 Å². The van der Waals surface area contributed by atoms with Gasteiger partial charge in [-0.25, -0.2) is 0 Å². The van der Waals surface area contributed by atoms with E-state index in [1.807, 2.05) is 0 Å². The van der Waals surface area contributed by atoms with E-state index in [4.69, 9.17) is 4.43 Å². The Balaban J connectivity index is 2.34. The lowest BCUT2D eigenvalue weighted by molar-refractivity contribution is 0.257. The third-order valence-corrected chi connectivity index (χ3v) is 7.48. The summed E-state index contributed by atoms with van der Waals surface area (Å²) in [5, 5.41) is 0. The molecule has 1 heterocycles. The first-order chi connectivity index (χ1) is 5.68. The Morgan fingerprint density at radius 2 is 1.83 bits per heavy atom. The Morgan fingerprint density at radius 3 is 2.25 bits per heavy atom. The van der Waals surface area contributed by atoms with Crippen molar-refractivity contribution in [2.45, 2.75) is 51.7 Å². The molecule has 72 valence electrons. The van der Waals surface area contributed by atoms with Crippen LogP contribution >= 0.6 is 0 Å². The van der Waals surface area contributed by atoms with Gasteiger partial charge in [-0.2, -0.15) is 0 Å². The van der Waals surface area contributed by atoms with Crippen molar-refractivity contribution >= 4 is 8.32 Å². The number of hydrogen-bond donors (Lipinski definition) is 0. The lowest BCUT2D eigenvalue weighted by Crippen LogP contribution is -2.34. The molecule has 0 unspecified atom stereocenters. The predicted molar refractivity (Wildman–Crippen MR) is 55.9 cm³/mol. The average Bonchev–Trinajstić information content (AvgIpc) is 2.50. The molecule has 0 radical (unpaired) electrons. The zero-order chi connectivity index (χ0) is 9.03. The summed E-state index contributed by atoms with van der Waals surface area (Å²) >= 11 is 0. The summed E-state index contributed by atoms with van der Waals surface area (Å²) in [6, 6.07) is 4.19. The van der Waals surface area contributed by atoms with Crippen molar-refractivity contribution in [2.24, 2.45) is 5.92 Å². The maximum Gasteiger partial charge on any atom is 0.192 e. The van der Waals surface area contributed by atoms with Gasteiger partial charge in [0.25, 0.3) is 0 Å². The molecule has 12 heavy (non-hydrogen) atoms. The van der Waals surface area contributed by atoms with E-state index in [2.05, 4.69) is 20.8 Å². The van der Waals surface area contributed by atoms with Crippen molar-refractivity contribution in [3.63, 3.8) is 0 Å². The zero-order valence-corrected chi connectivity index (χ0v) is 9.73. The molecule has 0 bridgehead atoms. The highest BCUT2D eigenvalue weighted by Gasteiger charge is 2.36. The first-order valence-corrected chi connectivity index (χ1v) is 7.85. The van der Waals surface area contributed by atoms with Gasteiger partial charge in [-0.1, -0.05) is 33.6 Å². The van der Waals surface area contributed by atoms with E-state index >= 15 is 0 Å². The Labute approximate surface area is 77.6 Å². The molecule has 0 aliphatic carbocycles. The summed E-state index contributed by atoms with van der Waals surface area (Å²) in [5.41, 5.74) is 0. The minimum absolute atomic E-state index is 0.710. The van der Waals surface area contributed by atoms with Gasteiger partial charge in [0.2, 0.25) is 0 Å². The van der Waals surface area contributed by atoms with Gasteiger partial charge in [0, 0.05) is 6.61 Å². The summed E-state index contributed by atoms with van der Waals surface area (Å²) in [5.74, 6) is 0.710. The Kier molecular flexibility index (Phi) is 3.78. The fraction of sp³-hybridized carbons (Fsp3) is 1.00. The second-order valence-electron chi connectivity index (χ2n) is 4.45. The normalized spacial score (nSPS) is 22.0. The molecule has 0 saturated carbocycles. The molecule has 0 amide bonds. The molecule has 0 aromatic carbocycles. The lowest BCUT2D eigenvalue weighted by Gasteiger charge is -2.26. The van der Waals surface area contributed by atoms with Crippen LogP contribution in [0.5, 0.6) is 0 Å². The summed E-state index contributed by atoms with van der Waals surface area (Å²) in [7, 11) is -1.17. The van der Waals surface area contributed by atoms with Gasteiger partial charge in [-0.3, -0.25) is 0 Å². The van der Waals surface area contributed by atoms with Crippen LogP contribution in [0.15, 0.2) is 0 Å². The van der Waals surface area contributed by atoms with Gasteiger partial charge in [0.15, 0.2) is 8.32 Å². The molecule has 1 saturated heterocycles. The van der Waals surface area contributed by atoms with Crippen LogP contribution in [0.3, 0.4) is 0 Å². The molecule has 1 nitrogen and oxygen atoms in total. The molecule has 1 rings (SSSR count). The Bertz CT molecular complexity index is 128. The monoisotopic (exact) mass is 186 g/mol. The zero-order valence-electron chi connectivity index (χ0n) is 8.73. The van der Waals surface area contributed by atoms with E-state index in [0.29, 0.717) is 5.92 Å². The molecule has 1 aliphatic rings. The van der Waals surface area contributed by atoms with Crippen LogP contribution in [0.1, 0.15) is 33.6 Å². The van der Waals surface area contributed by atoms with E-state index in [1.54, 1.807) is 0 Å². The molecule has 2 heteroatoms. The third kappa shape index (κ3) is 2.59. The van der Waals surface area contributed by atoms with Gasteiger partial charge in [0.1, 0.15) is 0 Å². The first-order valence-electron chi connectivity index (χ1n) is 5.32. The molecule has 0 aromatic rings. The molecule has 0 spiro atoms. The smallest absolute Gasteiger partial charge is 0.192 e. The Morgan fingerprint density at radius 1 is 1.25 bits per heavy atom. The van der Waals surface area contributed by atoms with Gasteiger partial charge >= 0.3 is 0 Å². The van der Waals surface area contributed by atoms with Crippen molar-refractivity contribution < 1.29 is 4.43 Å². The fourth-order valence-electron chi connectivity index (χ4n) is 1.96. The van der Waals surface area contributed by atoms with E-state index < -0.39 is 8.32 Å². The van der Waals surface area contributed by atoms with E-state index in [9.17, 15) is 0 Å². The molecule has 0 atom stereocenters. The van der Waals surface area contributed by atoms with Crippen LogP contribution in [0.25, 0.3) is 0 Å². The van der Waals surface area contributed by atoms with Crippen molar-refractivity contribution in [1.29, 1.82) is 0 Å². The quantitative estimate of drug-likeness (QED) is 0.611. The highest BCUT2D eigenvalue weighted by atomic mass is 28.4. The highest BCUT2D eigenvalue weighted by molar-refractivity contribution is 6.74. The van der Waals surface area contributed by atoms with Crippen LogP contribution in [-0.2, 0) is 4.43 Å².